The summed E-state index contributed by atoms with van der Waals surface area (Å²) in [6.45, 7) is 0.515. The summed E-state index contributed by atoms with van der Waals surface area (Å²) in [5.41, 5.74) is 1.96. The summed E-state index contributed by atoms with van der Waals surface area (Å²) in [6, 6.07) is 9.13. The van der Waals surface area contributed by atoms with Crippen molar-refractivity contribution in [2.24, 2.45) is 0 Å². The van der Waals surface area contributed by atoms with Gasteiger partial charge in [-0.15, -0.1) is 0 Å². The normalized spacial score (nSPS) is 16.0. The van der Waals surface area contributed by atoms with Crippen molar-refractivity contribution < 1.29 is 27.2 Å². The summed E-state index contributed by atoms with van der Waals surface area (Å²) in [7, 11) is 0. The van der Waals surface area contributed by atoms with Gasteiger partial charge in [-0.2, -0.15) is 13.2 Å². The van der Waals surface area contributed by atoms with Crippen molar-refractivity contribution in [2.75, 3.05) is 6.54 Å². The average molecular weight is 460 g/mol. The Morgan fingerprint density at radius 1 is 1.12 bits per heavy atom. The second-order valence-electron chi connectivity index (χ2n) is 7.72. The van der Waals surface area contributed by atoms with E-state index in [2.05, 4.69) is 20.6 Å². The number of H-pyrrole nitrogens is 1. The molecule has 1 aliphatic rings. The van der Waals surface area contributed by atoms with Crippen LogP contribution in [0.15, 0.2) is 48.7 Å². The van der Waals surface area contributed by atoms with Gasteiger partial charge in [0, 0.05) is 36.1 Å². The van der Waals surface area contributed by atoms with Crippen LogP contribution in [-0.4, -0.2) is 34.4 Å². The van der Waals surface area contributed by atoms with Gasteiger partial charge in [0.2, 0.25) is 11.8 Å². The Morgan fingerprint density at radius 3 is 2.45 bits per heavy atom. The van der Waals surface area contributed by atoms with Gasteiger partial charge in [0.05, 0.1) is 0 Å². The molecule has 1 unspecified atom stereocenters. The standard InChI is InChI=1S/C23H20F4N4O2/c24-16-5-1-13(2-6-16)21-14(4-8-20(32)30-17-9-10-28-22(17)33)11-18(31-21)15-3-7-19(29-12-15)23(25,26)27/h1-3,5-7,11-12,17,31H,4,8-10H2,(H,28,33)(H,30,32). The van der Waals surface area contributed by atoms with Crippen molar-refractivity contribution in [1.82, 2.24) is 20.6 Å². The highest BCUT2D eigenvalue weighted by Crippen LogP contribution is 2.32. The van der Waals surface area contributed by atoms with Crippen LogP contribution in [0.3, 0.4) is 0 Å². The SMILES string of the molecule is O=C(CCc1cc(-c2ccc(C(F)(F)F)nc2)[nH]c1-c1ccc(F)cc1)NC1CCNC1=O. The molecule has 6 nitrogen and oxygen atoms in total. The predicted octanol–water partition coefficient (Wildman–Crippen LogP) is 3.84. The van der Waals surface area contributed by atoms with Crippen LogP contribution in [0.4, 0.5) is 17.6 Å². The lowest BCUT2D eigenvalue weighted by molar-refractivity contribution is -0.141. The van der Waals surface area contributed by atoms with Crippen molar-refractivity contribution in [3.63, 3.8) is 0 Å². The van der Waals surface area contributed by atoms with Gasteiger partial charge in [0.1, 0.15) is 17.6 Å². The predicted molar refractivity (Wildman–Crippen MR) is 112 cm³/mol. The third kappa shape index (κ3) is 5.21. The number of aryl methyl sites for hydroxylation is 1. The maximum atomic E-state index is 13.4. The van der Waals surface area contributed by atoms with Crippen LogP contribution in [0.2, 0.25) is 0 Å². The quantitative estimate of drug-likeness (QED) is 0.489. The number of amides is 2. The fourth-order valence-electron chi connectivity index (χ4n) is 3.69. The summed E-state index contributed by atoms with van der Waals surface area (Å²) in [5.74, 6) is -0.914. The van der Waals surface area contributed by atoms with Crippen LogP contribution >= 0.6 is 0 Å². The maximum absolute atomic E-state index is 13.4. The number of nitrogens with zero attached hydrogens (tertiary/aromatic N) is 1. The van der Waals surface area contributed by atoms with Gasteiger partial charge in [0.25, 0.3) is 0 Å². The lowest BCUT2D eigenvalue weighted by Crippen LogP contribution is -2.40. The summed E-state index contributed by atoms with van der Waals surface area (Å²) >= 11 is 0. The van der Waals surface area contributed by atoms with Crippen molar-refractivity contribution in [3.8, 4) is 22.5 Å². The first-order valence-electron chi connectivity index (χ1n) is 10.3. The van der Waals surface area contributed by atoms with E-state index in [-0.39, 0.29) is 18.2 Å². The molecule has 1 saturated heterocycles. The monoisotopic (exact) mass is 460 g/mol. The summed E-state index contributed by atoms with van der Waals surface area (Å²) in [6.07, 6.45) is -2.49. The van der Waals surface area contributed by atoms with Gasteiger partial charge in [-0.3, -0.25) is 14.6 Å². The third-order valence-electron chi connectivity index (χ3n) is 5.40. The van der Waals surface area contributed by atoms with E-state index in [9.17, 15) is 27.2 Å². The number of halogens is 4. The topological polar surface area (TPSA) is 86.9 Å². The van der Waals surface area contributed by atoms with E-state index >= 15 is 0 Å². The molecule has 1 aliphatic heterocycles. The van der Waals surface area contributed by atoms with Gasteiger partial charge >= 0.3 is 6.18 Å². The Morgan fingerprint density at radius 2 is 1.85 bits per heavy atom. The van der Waals surface area contributed by atoms with Gasteiger partial charge in [-0.25, -0.2) is 4.39 Å². The molecule has 2 amide bonds. The van der Waals surface area contributed by atoms with Crippen LogP contribution in [0.5, 0.6) is 0 Å². The van der Waals surface area contributed by atoms with E-state index in [1.54, 1.807) is 18.2 Å². The Kier molecular flexibility index (Phi) is 6.17. The van der Waals surface area contributed by atoms with Gasteiger partial charge in [-0.1, -0.05) is 0 Å². The zero-order chi connectivity index (χ0) is 23.6. The molecule has 10 heteroatoms. The Labute approximate surface area is 186 Å². The number of carbonyl (C=O) groups excluding carboxylic acids is 2. The number of nitrogens with one attached hydrogen (secondary N) is 3. The number of pyridine rings is 1. The van der Waals surface area contributed by atoms with E-state index < -0.39 is 23.7 Å². The van der Waals surface area contributed by atoms with Gasteiger partial charge in [0.15, 0.2) is 0 Å². The fourth-order valence-corrected chi connectivity index (χ4v) is 3.69. The molecule has 0 bridgehead atoms. The average Bonchev–Trinajstić information content (AvgIpc) is 3.39. The molecule has 3 aromatic rings. The van der Waals surface area contributed by atoms with Crippen LogP contribution in [-0.2, 0) is 22.2 Å². The Balaban J connectivity index is 1.58. The maximum Gasteiger partial charge on any atom is 0.433 e. The van der Waals surface area contributed by atoms with Crippen molar-refractivity contribution in [1.29, 1.82) is 0 Å². The smallest absolute Gasteiger partial charge is 0.354 e. The Hall–Kier alpha value is -3.69. The molecule has 0 radical (unpaired) electrons. The largest absolute Gasteiger partial charge is 0.433 e. The number of carbonyl (C=O) groups is 2. The van der Waals surface area contributed by atoms with Gasteiger partial charge < -0.3 is 15.6 Å². The highest BCUT2D eigenvalue weighted by atomic mass is 19.4. The molecule has 1 aromatic carbocycles. The van der Waals surface area contributed by atoms with Crippen LogP contribution in [0.1, 0.15) is 24.1 Å². The third-order valence-corrected chi connectivity index (χ3v) is 5.40. The van der Waals surface area contributed by atoms with Gasteiger partial charge in [-0.05, 0) is 66.4 Å². The number of aromatic nitrogens is 2. The van der Waals surface area contributed by atoms with Crippen molar-refractivity contribution in [3.05, 3.63) is 65.7 Å². The second-order valence-corrected chi connectivity index (χ2v) is 7.72. The zero-order valence-corrected chi connectivity index (χ0v) is 17.3. The molecule has 0 saturated carbocycles. The molecular weight excluding hydrogens is 440 g/mol. The molecule has 2 aromatic heterocycles. The molecule has 0 aliphatic carbocycles. The molecular formula is C23H20F4N4O2. The number of aromatic amines is 1. The molecule has 0 spiro atoms. The molecule has 172 valence electrons. The number of benzene rings is 1. The number of hydrogen-bond acceptors (Lipinski definition) is 3. The summed E-state index contributed by atoms with van der Waals surface area (Å²) in [4.78, 5) is 30.7. The number of rotatable bonds is 6. The zero-order valence-electron chi connectivity index (χ0n) is 17.3. The first kappa shape index (κ1) is 22.5. The van der Waals surface area contributed by atoms with Crippen LogP contribution < -0.4 is 10.6 Å². The minimum absolute atomic E-state index is 0.0977. The van der Waals surface area contributed by atoms with Crippen molar-refractivity contribution in [2.45, 2.75) is 31.5 Å². The minimum Gasteiger partial charge on any atom is -0.354 e. The first-order valence-corrected chi connectivity index (χ1v) is 10.3. The van der Waals surface area contributed by atoms with Crippen LogP contribution in [0, 0.1) is 5.82 Å². The second kappa shape index (κ2) is 9.05. The molecule has 1 atom stereocenters. The lowest BCUT2D eigenvalue weighted by atomic mass is 10.0. The summed E-state index contributed by atoms with van der Waals surface area (Å²) < 4.78 is 51.9. The fraction of sp³-hybridized carbons (Fsp3) is 0.261. The van der Waals surface area contributed by atoms with E-state index in [4.69, 9.17) is 0 Å². The van der Waals surface area contributed by atoms with E-state index in [0.29, 0.717) is 41.9 Å². The Bertz CT molecular complexity index is 1150. The molecule has 3 N–H and O–H groups in total. The summed E-state index contributed by atoms with van der Waals surface area (Å²) in [5, 5.41) is 5.35. The highest BCUT2D eigenvalue weighted by molar-refractivity contribution is 5.89. The molecule has 33 heavy (non-hydrogen) atoms. The highest BCUT2D eigenvalue weighted by Gasteiger charge is 2.32. The number of alkyl halides is 3. The molecule has 1 fully saturated rings. The minimum atomic E-state index is -4.54. The van der Waals surface area contributed by atoms with E-state index in [0.717, 1.165) is 17.8 Å². The number of hydrogen-bond donors (Lipinski definition) is 3. The van der Waals surface area contributed by atoms with Crippen molar-refractivity contribution >= 4 is 11.8 Å². The van der Waals surface area contributed by atoms with Crippen LogP contribution in [0.25, 0.3) is 22.5 Å². The van der Waals surface area contributed by atoms with E-state index in [1.165, 1.54) is 18.2 Å². The molecule has 4 rings (SSSR count). The lowest BCUT2D eigenvalue weighted by Gasteiger charge is -2.10. The van der Waals surface area contributed by atoms with E-state index in [1.807, 2.05) is 0 Å². The first-order chi connectivity index (χ1) is 15.7. The molecule has 3 heterocycles.